The molecule has 0 radical (unpaired) electrons. The highest BCUT2D eigenvalue weighted by Crippen LogP contribution is 2.20. The molecule has 0 aliphatic heterocycles. The van der Waals surface area contributed by atoms with E-state index in [1.165, 1.54) is 0 Å². The minimum Gasteiger partial charge on any atom is -0.376 e. The minimum absolute atomic E-state index is 0.0500. The molecule has 1 aliphatic carbocycles. The van der Waals surface area contributed by atoms with Crippen molar-refractivity contribution in [2.24, 2.45) is 5.73 Å². The Hall–Kier alpha value is -3.35. The number of hydrogen-bond acceptors (Lipinski definition) is 4. The van der Waals surface area contributed by atoms with Gasteiger partial charge in [-0.3, -0.25) is 14.4 Å². The topological polar surface area (TPSA) is 113 Å². The Bertz CT molecular complexity index is 829. The van der Waals surface area contributed by atoms with Gasteiger partial charge in [0.05, 0.1) is 6.54 Å². The second kappa shape index (κ2) is 7.69. The first kappa shape index (κ1) is 17.5. The summed E-state index contributed by atoms with van der Waals surface area (Å²) in [6.07, 6.45) is 2.04. The summed E-state index contributed by atoms with van der Waals surface area (Å²) in [5.74, 6) is -0.875. The van der Waals surface area contributed by atoms with Crippen LogP contribution in [0.2, 0.25) is 0 Å². The van der Waals surface area contributed by atoms with Crippen LogP contribution in [0, 0.1) is 0 Å². The van der Waals surface area contributed by atoms with Crippen LogP contribution in [0.4, 0.5) is 11.4 Å². The fourth-order valence-corrected chi connectivity index (χ4v) is 2.37. The molecule has 0 aromatic heterocycles. The maximum Gasteiger partial charge on any atom is 0.251 e. The van der Waals surface area contributed by atoms with Gasteiger partial charge in [-0.15, -0.1) is 0 Å². The van der Waals surface area contributed by atoms with Gasteiger partial charge >= 0.3 is 0 Å². The van der Waals surface area contributed by atoms with Crippen LogP contribution in [-0.4, -0.2) is 30.3 Å². The normalized spacial score (nSPS) is 12.9. The van der Waals surface area contributed by atoms with E-state index in [9.17, 15) is 14.4 Å². The van der Waals surface area contributed by atoms with Crippen LogP contribution < -0.4 is 21.7 Å². The summed E-state index contributed by atoms with van der Waals surface area (Å²) in [6.45, 7) is 0.0500. The minimum atomic E-state index is -0.500. The molecule has 0 heterocycles. The first-order valence-corrected chi connectivity index (χ1v) is 8.36. The van der Waals surface area contributed by atoms with E-state index in [4.69, 9.17) is 5.73 Å². The molecule has 0 unspecified atom stereocenters. The number of carbonyl (C=O) groups excluding carboxylic acids is 3. The molecule has 0 atom stereocenters. The van der Waals surface area contributed by atoms with E-state index in [2.05, 4.69) is 16.0 Å². The molecule has 3 rings (SSSR count). The Morgan fingerprint density at radius 1 is 0.962 bits per heavy atom. The van der Waals surface area contributed by atoms with Gasteiger partial charge in [0.2, 0.25) is 11.8 Å². The van der Waals surface area contributed by atoms with Gasteiger partial charge in [-0.1, -0.05) is 6.07 Å². The molecule has 2 aromatic carbocycles. The molecule has 3 amide bonds. The lowest BCUT2D eigenvalue weighted by Crippen LogP contribution is -2.26. The number of carbonyl (C=O) groups is 3. The molecular formula is C19H20N4O3. The van der Waals surface area contributed by atoms with Crippen molar-refractivity contribution in [2.45, 2.75) is 18.9 Å². The molecule has 1 saturated carbocycles. The van der Waals surface area contributed by atoms with E-state index >= 15 is 0 Å². The standard InChI is InChI=1S/C19H20N4O3/c20-18(25)12-4-6-14(7-5-12)21-11-17(24)22-16-3-1-2-13(10-16)19(26)23-15-8-9-15/h1-7,10,15,21H,8-9,11H2,(H2,20,25)(H,22,24)(H,23,26). The van der Waals surface area contributed by atoms with Gasteiger partial charge in [0.1, 0.15) is 0 Å². The average molecular weight is 352 g/mol. The largest absolute Gasteiger partial charge is 0.376 e. The van der Waals surface area contributed by atoms with Crippen LogP contribution in [-0.2, 0) is 4.79 Å². The predicted molar refractivity (Wildman–Crippen MR) is 99.0 cm³/mol. The number of amides is 3. The average Bonchev–Trinajstić information content (AvgIpc) is 3.44. The van der Waals surface area contributed by atoms with Gasteiger partial charge in [0.25, 0.3) is 5.91 Å². The van der Waals surface area contributed by atoms with Crippen molar-refractivity contribution in [2.75, 3.05) is 17.2 Å². The molecule has 0 saturated heterocycles. The molecule has 1 aliphatic rings. The predicted octanol–water partition coefficient (Wildman–Crippen LogP) is 1.73. The van der Waals surface area contributed by atoms with E-state index in [-0.39, 0.29) is 24.4 Å². The van der Waals surface area contributed by atoms with Crippen molar-refractivity contribution in [3.8, 4) is 0 Å². The Morgan fingerprint density at radius 3 is 2.35 bits per heavy atom. The van der Waals surface area contributed by atoms with Gasteiger partial charge in [-0.25, -0.2) is 0 Å². The number of anilines is 2. The van der Waals surface area contributed by atoms with Gasteiger partial charge in [0.15, 0.2) is 0 Å². The number of nitrogens with two attached hydrogens (primary N) is 1. The fourth-order valence-electron chi connectivity index (χ4n) is 2.37. The summed E-state index contributed by atoms with van der Waals surface area (Å²) in [7, 11) is 0. The van der Waals surface area contributed by atoms with Crippen LogP contribution in [0.25, 0.3) is 0 Å². The van der Waals surface area contributed by atoms with Crippen LogP contribution >= 0.6 is 0 Å². The number of benzene rings is 2. The third-order valence-electron chi connectivity index (χ3n) is 3.94. The molecule has 5 N–H and O–H groups in total. The molecule has 7 heteroatoms. The van der Waals surface area contributed by atoms with Crippen molar-refractivity contribution in [1.82, 2.24) is 5.32 Å². The van der Waals surface area contributed by atoms with E-state index in [0.717, 1.165) is 12.8 Å². The lowest BCUT2D eigenvalue weighted by molar-refractivity contribution is -0.114. The quantitative estimate of drug-likeness (QED) is 0.608. The summed E-state index contributed by atoms with van der Waals surface area (Å²) >= 11 is 0. The summed E-state index contributed by atoms with van der Waals surface area (Å²) in [5, 5.41) is 8.62. The first-order chi connectivity index (χ1) is 12.5. The molecule has 26 heavy (non-hydrogen) atoms. The Labute approximate surface area is 151 Å². The Morgan fingerprint density at radius 2 is 1.69 bits per heavy atom. The van der Waals surface area contributed by atoms with E-state index < -0.39 is 5.91 Å². The second-order valence-electron chi connectivity index (χ2n) is 6.17. The SMILES string of the molecule is NC(=O)c1ccc(NCC(=O)Nc2cccc(C(=O)NC3CC3)c2)cc1. The smallest absolute Gasteiger partial charge is 0.251 e. The van der Waals surface area contributed by atoms with Crippen molar-refractivity contribution in [3.05, 3.63) is 59.7 Å². The Kier molecular flexibility index (Phi) is 5.17. The highest BCUT2D eigenvalue weighted by Gasteiger charge is 2.23. The lowest BCUT2D eigenvalue weighted by Gasteiger charge is -2.09. The third kappa shape index (κ3) is 4.83. The molecular weight excluding hydrogens is 332 g/mol. The zero-order valence-electron chi connectivity index (χ0n) is 14.1. The van der Waals surface area contributed by atoms with E-state index in [0.29, 0.717) is 22.5 Å². The maximum atomic E-state index is 12.1. The van der Waals surface area contributed by atoms with Crippen molar-refractivity contribution >= 4 is 29.1 Å². The van der Waals surface area contributed by atoms with Gasteiger partial charge < -0.3 is 21.7 Å². The van der Waals surface area contributed by atoms with Crippen molar-refractivity contribution in [3.63, 3.8) is 0 Å². The Balaban J connectivity index is 1.52. The van der Waals surface area contributed by atoms with Crippen molar-refractivity contribution < 1.29 is 14.4 Å². The molecule has 7 nitrogen and oxygen atoms in total. The number of nitrogens with one attached hydrogen (secondary N) is 3. The lowest BCUT2D eigenvalue weighted by atomic mass is 10.2. The second-order valence-corrected chi connectivity index (χ2v) is 6.17. The van der Waals surface area contributed by atoms with Crippen LogP contribution in [0.1, 0.15) is 33.6 Å². The maximum absolute atomic E-state index is 12.1. The highest BCUT2D eigenvalue weighted by molar-refractivity contribution is 5.98. The highest BCUT2D eigenvalue weighted by atomic mass is 16.2. The number of primary amides is 1. The zero-order chi connectivity index (χ0) is 18.5. The monoisotopic (exact) mass is 352 g/mol. The first-order valence-electron chi connectivity index (χ1n) is 8.36. The van der Waals surface area contributed by atoms with E-state index in [1.807, 2.05) is 0 Å². The van der Waals surface area contributed by atoms with Crippen molar-refractivity contribution in [1.29, 1.82) is 0 Å². The van der Waals surface area contributed by atoms with E-state index in [1.54, 1.807) is 48.5 Å². The molecule has 1 fully saturated rings. The summed E-state index contributed by atoms with van der Waals surface area (Å²) in [5.41, 5.74) is 7.36. The molecule has 0 bridgehead atoms. The fraction of sp³-hybridized carbons (Fsp3) is 0.211. The summed E-state index contributed by atoms with van der Waals surface area (Å²) in [6, 6.07) is 13.6. The van der Waals surface area contributed by atoms with Gasteiger partial charge in [-0.05, 0) is 55.3 Å². The van der Waals surface area contributed by atoms with Crippen LogP contribution in [0.5, 0.6) is 0 Å². The third-order valence-corrected chi connectivity index (χ3v) is 3.94. The number of rotatable bonds is 7. The molecule has 134 valence electrons. The summed E-state index contributed by atoms with van der Waals surface area (Å²) in [4.78, 5) is 35.2. The zero-order valence-corrected chi connectivity index (χ0v) is 14.1. The van der Waals surface area contributed by atoms with Gasteiger partial charge in [-0.2, -0.15) is 0 Å². The number of hydrogen-bond donors (Lipinski definition) is 4. The van der Waals surface area contributed by atoms with Crippen LogP contribution in [0.15, 0.2) is 48.5 Å². The summed E-state index contributed by atoms with van der Waals surface area (Å²) < 4.78 is 0. The van der Waals surface area contributed by atoms with Crippen LogP contribution in [0.3, 0.4) is 0 Å². The molecule has 0 spiro atoms. The van der Waals surface area contributed by atoms with Gasteiger partial charge in [0, 0.05) is 28.5 Å². The molecule has 2 aromatic rings.